The van der Waals surface area contributed by atoms with Crippen molar-refractivity contribution in [1.82, 2.24) is 9.27 Å². The van der Waals surface area contributed by atoms with Crippen LogP contribution >= 0.6 is 23.1 Å². The third-order valence-electron chi connectivity index (χ3n) is 6.14. The molecule has 1 amide bonds. The zero-order valence-electron chi connectivity index (χ0n) is 17.9. The van der Waals surface area contributed by atoms with Crippen molar-refractivity contribution in [2.75, 3.05) is 24.5 Å². The number of hydrogen-bond acceptors (Lipinski definition) is 5. The van der Waals surface area contributed by atoms with Gasteiger partial charge in [-0.1, -0.05) is 42.4 Å². The maximum Gasteiger partial charge on any atom is 0.246 e. The average molecular weight is 482 g/mol. The summed E-state index contributed by atoms with van der Waals surface area (Å²) in [7, 11) is 0. The van der Waals surface area contributed by atoms with E-state index in [2.05, 4.69) is 15.9 Å². The number of nitrogens with zero attached hydrogens (tertiary/aromatic N) is 3. The Hall–Kier alpha value is -3.16. The van der Waals surface area contributed by atoms with Crippen molar-refractivity contribution in [2.24, 2.45) is 0 Å². The van der Waals surface area contributed by atoms with Gasteiger partial charge in [-0.25, -0.2) is 4.39 Å². The fraction of sp³-hybridized carbons (Fsp3) is 0.200. The van der Waals surface area contributed by atoms with Gasteiger partial charge in [-0.3, -0.25) is 4.79 Å². The molecule has 1 fully saturated rings. The van der Waals surface area contributed by atoms with E-state index in [1.54, 1.807) is 17.0 Å². The fourth-order valence-electron chi connectivity index (χ4n) is 4.54. The minimum absolute atomic E-state index is 0.0304. The zero-order valence-corrected chi connectivity index (χ0v) is 19.5. The van der Waals surface area contributed by atoms with Crippen LogP contribution in [0.3, 0.4) is 0 Å². The first kappa shape index (κ1) is 21.7. The number of piperazine rings is 1. The molecule has 33 heavy (non-hydrogen) atoms. The minimum atomic E-state index is -0.510. The topological polar surface area (TPSA) is 56.7 Å². The quantitative estimate of drug-likeness (QED) is 0.373. The zero-order chi connectivity index (χ0) is 23.3. The maximum atomic E-state index is 15.9. The van der Waals surface area contributed by atoms with Crippen molar-refractivity contribution >= 4 is 55.7 Å². The number of halogens is 2. The SMILES string of the molecule is C=CC(=O)N1CCN(c2snc3c(F)c(-c4cc(O)cc5ccccc45)c(Cl)cc23)[C@H](C)C1. The summed E-state index contributed by atoms with van der Waals surface area (Å²) in [6, 6.07) is 12.4. The molecule has 0 spiro atoms. The van der Waals surface area contributed by atoms with E-state index in [9.17, 15) is 9.90 Å². The fourth-order valence-corrected chi connectivity index (χ4v) is 5.82. The number of carbonyl (C=O) groups excluding carboxylic acids is 1. The number of phenols is 1. The first-order valence-corrected chi connectivity index (χ1v) is 11.7. The van der Waals surface area contributed by atoms with Gasteiger partial charge >= 0.3 is 0 Å². The van der Waals surface area contributed by atoms with Crippen molar-refractivity contribution < 1.29 is 14.3 Å². The number of rotatable bonds is 3. The van der Waals surface area contributed by atoms with Crippen LogP contribution in [0.2, 0.25) is 5.02 Å². The monoisotopic (exact) mass is 481 g/mol. The van der Waals surface area contributed by atoms with E-state index in [1.807, 2.05) is 31.2 Å². The molecular formula is C25H21ClFN3O2S. The van der Waals surface area contributed by atoms with Gasteiger partial charge in [0.15, 0.2) is 5.82 Å². The number of aromatic nitrogens is 1. The minimum Gasteiger partial charge on any atom is -0.508 e. The smallest absolute Gasteiger partial charge is 0.246 e. The molecule has 5 rings (SSSR count). The third-order valence-corrected chi connectivity index (χ3v) is 7.34. The van der Waals surface area contributed by atoms with Gasteiger partial charge in [-0.15, -0.1) is 0 Å². The predicted octanol–water partition coefficient (Wildman–Crippen LogP) is 5.84. The molecule has 4 aromatic rings. The van der Waals surface area contributed by atoms with E-state index < -0.39 is 5.82 Å². The summed E-state index contributed by atoms with van der Waals surface area (Å²) in [5, 5.41) is 13.5. The first-order valence-electron chi connectivity index (χ1n) is 10.6. The second kappa shape index (κ2) is 8.32. The Morgan fingerprint density at radius 2 is 2.06 bits per heavy atom. The molecule has 1 N–H and O–H groups in total. The number of aromatic hydroxyl groups is 1. The van der Waals surface area contributed by atoms with Gasteiger partial charge in [-0.05, 0) is 59.1 Å². The highest BCUT2D eigenvalue weighted by atomic mass is 35.5. The van der Waals surface area contributed by atoms with Crippen LogP contribution in [-0.4, -0.2) is 46.0 Å². The number of amides is 1. The summed E-state index contributed by atoms with van der Waals surface area (Å²) in [5.41, 5.74) is 0.996. The Balaban J connectivity index is 1.61. The molecule has 1 saturated heterocycles. The van der Waals surface area contributed by atoms with E-state index in [0.717, 1.165) is 15.8 Å². The van der Waals surface area contributed by atoms with Gasteiger partial charge < -0.3 is 14.9 Å². The number of benzene rings is 3. The molecule has 1 aromatic heterocycles. The van der Waals surface area contributed by atoms with Crippen molar-refractivity contribution in [1.29, 1.82) is 0 Å². The molecule has 1 aliphatic heterocycles. The van der Waals surface area contributed by atoms with Crippen LogP contribution < -0.4 is 4.90 Å². The molecular weight excluding hydrogens is 461 g/mol. The van der Waals surface area contributed by atoms with Crippen molar-refractivity contribution in [3.63, 3.8) is 0 Å². The summed E-state index contributed by atoms with van der Waals surface area (Å²) in [6.07, 6.45) is 1.33. The van der Waals surface area contributed by atoms with Crippen LogP contribution in [-0.2, 0) is 4.79 Å². The van der Waals surface area contributed by atoms with Gasteiger partial charge in [0, 0.05) is 36.6 Å². The second-order valence-corrected chi connectivity index (χ2v) is 9.34. The summed E-state index contributed by atoms with van der Waals surface area (Å²) in [4.78, 5) is 15.9. The summed E-state index contributed by atoms with van der Waals surface area (Å²) in [6.45, 7) is 7.30. The average Bonchev–Trinajstić information content (AvgIpc) is 3.22. The van der Waals surface area contributed by atoms with Crippen LogP contribution in [0, 0.1) is 5.82 Å². The van der Waals surface area contributed by atoms with Gasteiger partial charge in [0.2, 0.25) is 5.91 Å². The highest BCUT2D eigenvalue weighted by Gasteiger charge is 2.29. The molecule has 2 heterocycles. The van der Waals surface area contributed by atoms with Gasteiger partial charge in [0.1, 0.15) is 16.3 Å². The van der Waals surface area contributed by atoms with Crippen molar-refractivity contribution in [3.05, 3.63) is 66.0 Å². The Bertz CT molecular complexity index is 1420. The Kier molecular flexibility index (Phi) is 5.46. The van der Waals surface area contributed by atoms with Crippen molar-refractivity contribution in [2.45, 2.75) is 13.0 Å². The standard InChI is InChI=1S/C25H21ClFN3O2S/c1-3-21(32)29-8-9-30(14(2)13-29)25-19-12-20(26)22(23(27)24(19)28-33-25)18-11-16(31)10-15-6-4-5-7-17(15)18/h3-7,10-12,14,31H,1,8-9,13H2,2H3/t14-/m1/s1. The van der Waals surface area contributed by atoms with E-state index in [4.69, 9.17) is 11.6 Å². The number of anilines is 1. The maximum absolute atomic E-state index is 15.9. The summed E-state index contributed by atoms with van der Waals surface area (Å²) >= 11 is 7.88. The lowest BCUT2D eigenvalue weighted by atomic mass is 9.96. The van der Waals surface area contributed by atoms with Gasteiger partial charge in [-0.2, -0.15) is 4.37 Å². The molecule has 0 saturated carbocycles. The molecule has 0 radical (unpaired) electrons. The lowest BCUT2D eigenvalue weighted by molar-refractivity contribution is -0.126. The molecule has 1 aliphatic rings. The summed E-state index contributed by atoms with van der Waals surface area (Å²) < 4.78 is 20.3. The normalized spacial score (nSPS) is 16.5. The molecule has 0 bridgehead atoms. The molecule has 0 aliphatic carbocycles. The van der Waals surface area contributed by atoms with Crippen LogP contribution in [0.25, 0.3) is 32.8 Å². The van der Waals surface area contributed by atoms with Crippen LogP contribution in [0.5, 0.6) is 5.75 Å². The molecule has 168 valence electrons. The second-order valence-electron chi connectivity index (χ2n) is 8.18. The largest absolute Gasteiger partial charge is 0.508 e. The number of hydrogen-bond donors (Lipinski definition) is 1. The van der Waals surface area contributed by atoms with Crippen LogP contribution in [0.4, 0.5) is 9.39 Å². The van der Waals surface area contributed by atoms with Crippen LogP contribution in [0.15, 0.2) is 55.1 Å². The molecule has 1 atom stereocenters. The van der Waals surface area contributed by atoms with Crippen LogP contribution in [0.1, 0.15) is 6.92 Å². The highest BCUT2D eigenvalue weighted by Crippen LogP contribution is 2.44. The lowest BCUT2D eigenvalue weighted by Crippen LogP contribution is -2.53. The molecule has 3 aromatic carbocycles. The molecule has 8 heteroatoms. The predicted molar refractivity (Wildman–Crippen MR) is 133 cm³/mol. The Labute approximate surface area is 199 Å². The van der Waals surface area contributed by atoms with Gasteiger partial charge in [0.25, 0.3) is 0 Å². The third kappa shape index (κ3) is 3.61. The summed E-state index contributed by atoms with van der Waals surface area (Å²) in [5.74, 6) is -0.560. The van der Waals surface area contributed by atoms with Crippen molar-refractivity contribution in [3.8, 4) is 16.9 Å². The van der Waals surface area contributed by atoms with E-state index in [0.29, 0.717) is 30.6 Å². The van der Waals surface area contributed by atoms with E-state index >= 15 is 4.39 Å². The Morgan fingerprint density at radius 3 is 2.82 bits per heavy atom. The van der Waals surface area contributed by atoms with E-state index in [-0.39, 0.29) is 33.8 Å². The number of phenolic OH excluding ortho intramolecular Hbond substituents is 1. The van der Waals surface area contributed by atoms with E-state index in [1.165, 1.54) is 23.7 Å². The molecule has 5 nitrogen and oxygen atoms in total. The first-order chi connectivity index (χ1) is 15.9. The number of carbonyl (C=O) groups is 1. The lowest BCUT2D eigenvalue weighted by Gasteiger charge is -2.40. The number of fused-ring (bicyclic) bond motifs is 2. The van der Waals surface area contributed by atoms with Gasteiger partial charge in [0.05, 0.1) is 5.02 Å². The highest BCUT2D eigenvalue weighted by molar-refractivity contribution is 7.11. The molecule has 0 unspecified atom stereocenters. The Morgan fingerprint density at radius 1 is 1.27 bits per heavy atom.